The maximum absolute atomic E-state index is 9.47. The number of hydrogen-bond acceptors (Lipinski definition) is 5. The van der Waals surface area contributed by atoms with Crippen molar-refractivity contribution in [2.45, 2.75) is 19.4 Å². The number of phenols is 1. The summed E-state index contributed by atoms with van der Waals surface area (Å²) in [7, 11) is 0. The Morgan fingerprint density at radius 3 is 3.15 bits per heavy atom. The number of aromatic hydroxyl groups is 1. The molecule has 6 nitrogen and oxygen atoms in total. The number of anilines is 1. The highest BCUT2D eigenvalue weighted by molar-refractivity contribution is 5.33. The van der Waals surface area contributed by atoms with Gasteiger partial charge < -0.3 is 15.3 Å². The third-order valence-corrected chi connectivity index (χ3v) is 3.45. The van der Waals surface area contributed by atoms with Gasteiger partial charge >= 0.3 is 0 Å². The summed E-state index contributed by atoms with van der Waals surface area (Å²) in [6.45, 7) is 4.96. The zero-order chi connectivity index (χ0) is 13.9. The van der Waals surface area contributed by atoms with Gasteiger partial charge in [-0.05, 0) is 24.6 Å². The number of aromatic nitrogens is 3. The summed E-state index contributed by atoms with van der Waals surface area (Å²) in [5.74, 6) is 1.85. The van der Waals surface area contributed by atoms with Crippen molar-refractivity contribution in [3.05, 3.63) is 35.7 Å². The fourth-order valence-electron chi connectivity index (χ4n) is 2.48. The highest BCUT2D eigenvalue weighted by Gasteiger charge is 2.19. The van der Waals surface area contributed by atoms with Crippen LogP contribution in [0.15, 0.2) is 24.3 Å². The predicted octanol–water partition coefficient (Wildman–Crippen LogP) is 0.899. The van der Waals surface area contributed by atoms with E-state index < -0.39 is 0 Å². The van der Waals surface area contributed by atoms with Crippen molar-refractivity contribution in [3.8, 4) is 5.75 Å². The SMILES string of the molecule is CC1CN(c2n[nH]c(Cc3cccc(O)c3)n2)CCN1. The predicted molar refractivity (Wildman–Crippen MR) is 77.0 cm³/mol. The molecular weight excluding hydrogens is 254 g/mol. The first-order valence-electron chi connectivity index (χ1n) is 6.88. The molecule has 1 atom stereocenters. The molecule has 1 aromatic heterocycles. The Balaban J connectivity index is 1.70. The minimum absolute atomic E-state index is 0.276. The number of rotatable bonds is 3. The van der Waals surface area contributed by atoms with Gasteiger partial charge in [-0.1, -0.05) is 12.1 Å². The van der Waals surface area contributed by atoms with E-state index in [4.69, 9.17) is 0 Å². The fraction of sp³-hybridized carbons (Fsp3) is 0.429. The van der Waals surface area contributed by atoms with Gasteiger partial charge in [0.05, 0.1) is 0 Å². The molecule has 0 radical (unpaired) electrons. The van der Waals surface area contributed by atoms with Crippen LogP contribution in [-0.4, -0.2) is 46.0 Å². The first-order valence-corrected chi connectivity index (χ1v) is 6.88. The molecule has 106 valence electrons. The average molecular weight is 273 g/mol. The van der Waals surface area contributed by atoms with Crippen LogP contribution in [0, 0.1) is 0 Å². The Labute approximate surface area is 117 Å². The molecule has 2 aromatic rings. The summed E-state index contributed by atoms with van der Waals surface area (Å²) in [5, 5.41) is 20.1. The number of piperazine rings is 1. The molecule has 1 aliphatic heterocycles. The lowest BCUT2D eigenvalue weighted by molar-refractivity contribution is 0.474. The van der Waals surface area contributed by atoms with Crippen molar-refractivity contribution in [1.29, 1.82) is 0 Å². The summed E-state index contributed by atoms with van der Waals surface area (Å²) in [5.41, 5.74) is 1.02. The van der Waals surface area contributed by atoms with E-state index in [0.717, 1.165) is 37.0 Å². The second kappa shape index (κ2) is 5.50. The van der Waals surface area contributed by atoms with Crippen molar-refractivity contribution in [1.82, 2.24) is 20.5 Å². The lowest BCUT2D eigenvalue weighted by Gasteiger charge is -2.30. The molecule has 1 aromatic carbocycles. The van der Waals surface area contributed by atoms with Crippen LogP contribution in [0.25, 0.3) is 0 Å². The largest absolute Gasteiger partial charge is 0.508 e. The fourth-order valence-corrected chi connectivity index (χ4v) is 2.48. The zero-order valence-corrected chi connectivity index (χ0v) is 11.5. The van der Waals surface area contributed by atoms with Crippen LogP contribution in [-0.2, 0) is 6.42 Å². The van der Waals surface area contributed by atoms with Crippen molar-refractivity contribution in [2.75, 3.05) is 24.5 Å². The third kappa shape index (κ3) is 2.91. The van der Waals surface area contributed by atoms with E-state index in [1.54, 1.807) is 12.1 Å². The Hall–Kier alpha value is -2.08. The van der Waals surface area contributed by atoms with Crippen LogP contribution in [0.2, 0.25) is 0 Å². The Morgan fingerprint density at radius 2 is 2.35 bits per heavy atom. The molecule has 0 saturated carbocycles. The molecule has 1 unspecified atom stereocenters. The van der Waals surface area contributed by atoms with Crippen molar-refractivity contribution in [3.63, 3.8) is 0 Å². The van der Waals surface area contributed by atoms with Gasteiger partial charge in [0, 0.05) is 32.1 Å². The first-order chi connectivity index (χ1) is 9.70. The number of H-pyrrole nitrogens is 1. The molecular formula is C14H19N5O. The van der Waals surface area contributed by atoms with Gasteiger partial charge in [0.25, 0.3) is 0 Å². The maximum Gasteiger partial charge on any atom is 0.244 e. The molecule has 3 rings (SSSR count). The summed E-state index contributed by atoms with van der Waals surface area (Å²) >= 11 is 0. The number of aromatic amines is 1. The Morgan fingerprint density at radius 1 is 1.45 bits per heavy atom. The molecule has 1 fully saturated rings. The van der Waals surface area contributed by atoms with E-state index in [0.29, 0.717) is 12.5 Å². The van der Waals surface area contributed by atoms with Gasteiger partial charge in [-0.3, -0.25) is 5.10 Å². The number of phenolic OH excluding ortho intramolecular Hbond substituents is 1. The van der Waals surface area contributed by atoms with E-state index in [-0.39, 0.29) is 5.75 Å². The van der Waals surface area contributed by atoms with Crippen molar-refractivity contribution < 1.29 is 5.11 Å². The molecule has 0 bridgehead atoms. The second-order valence-corrected chi connectivity index (χ2v) is 5.23. The Bertz CT molecular complexity index is 582. The van der Waals surface area contributed by atoms with Gasteiger partial charge in [-0.15, -0.1) is 5.10 Å². The average Bonchev–Trinajstić information content (AvgIpc) is 2.87. The van der Waals surface area contributed by atoms with Gasteiger partial charge in [-0.25, -0.2) is 0 Å². The summed E-state index contributed by atoms with van der Waals surface area (Å²) < 4.78 is 0. The van der Waals surface area contributed by atoms with Crippen LogP contribution in [0.5, 0.6) is 5.75 Å². The lowest BCUT2D eigenvalue weighted by Crippen LogP contribution is -2.49. The third-order valence-electron chi connectivity index (χ3n) is 3.45. The molecule has 1 aliphatic rings. The minimum Gasteiger partial charge on any atom is -0.508 e. The minimum atomic E-state index is 0.276. The van der Waals surface area contributed by atoms with E-state index in [1.165, 1.54) is 0 Å². The number of nitrogens with zero attached hydrogens (tertiary/aromatic N) is 3. The normalized spacial score (nSPS) is 19.2. The van der Waals surface area contributed by atoms with E-state index in [2.05, 4.69) is 32.3 Å². The van der Waals surface area contributed by atoms with E-state index >= 15 is 0 Å². The summed E-state index contributed by atoms with van der Waals surface area (Å²) in [6, 6.07) is 7.66. The molecule has 20 heavy (non-hydrogen) atoms. The van der Waals surface area contributed by atoms with Crippen molar-refractivity contribution >= 4 is 5.95 Å². The number of hydrogen-bond donors (Lipinski definition) is 3. The molecule has 3 N–H and O–H groups in total. The monoisotopic (exact) mass is 273 g/mol. The highest BCUT2D eigenvalue weighted by Crippen LogP contribution is 2.15. The van der Waals surface area contributed by atoms with Gasteiger partial charge in [0.2, 0.25) is 5.95 Å². The lowest BCUT2D eigenvalue weighted by atomic mass is 10.1. The number of benzene rings is 1. The van der Waals surface area contributed by atoms with Gasteiger partial charge in [0.1, 0.15) is 11.6 Å². The maximum atomic E-state index is 9.47. The topological polar surface area (TPSA) is 77.1 Å². The van der Waals surface area contributed by atoms with Crippen LogP contribution < -0.4 is 10.2 Å². The van der Waals surface area contributed by atoms with Gasteiger partial charge in [-0.2, -0.15) is 4.98 Å². The zero-order valence-electron chi connectivity index (χ0n) is 11.5. The van der Waals surface area contributed by atoms with Gasteiger partial charge in [0.15, 0.2) is 0 Å². The number of nitrogens with one attached hydrogen (secondary N) is 2. The van der Waals surface area contributed by atoms with E-state index in [9.17, 15) is 5.11 Å². The van der Waals surface area contributed by atoms with Crippen LogP contribution >= 0.6 is 0 Å². The van der Waals surface area contributed by atoms with E-state index in [1.807, 2.05) is 12.1 Å². The van der Waals surface area contributed by atoms with Crippen molar-refractivity contribution in [2.24, 2.45) is 0 Å². The standard InChI is InChI=1S/C14H19N5O/c1-10-9-19(6-5-15-10)14-16-13(17-18-14)8-11-3-2-4-12(20)7-11/h2-4,7,10,15,20H,5-6,8-9H2,1H3,(H,16,17,18). The first kappa shape index (κ1) is 12.9. The molecule has 1 saturated heterocycles. The summed E-state index contributed by atoms with van der Waals surface area (Å²) in [4.78, 5) is 6.73. The molecule has 0 amide bonds. The highest BCUT2D eigenvalue weighted by atomic mass is 16.3. The molecule has 6 heteroatoms. The molecule has 2 heterocycles. The smallest absolute Gasteiger partial charge is 0.244 e. The second-order valence-electron chi connectivity index (χ2n) is 5.23. The Kier molecular flexibility index (Phi) is 3.56. The van der Waals surface area contributed by atoms with Crippen LogP contribution in [0.3, 0.4) is 0 Å². The van der Waals surface area contributed by atoms with Crippen LogP contribution in [0.4, 0.5) is 5.95 Å². The quantitative estimate of drug-likeness (QED) is 0.774. The summed E-state index contributed by atoms with van der Waals surface area (Å²) in [6.07, 6.45) is 0.642. The molecule has 0 aliphatic carbocycles. The van der Waals surface area contributed by atoms with Crippen LogP contribution in [0.1, 0.15) is 18.3 Å². The molecule has 0 spiro atoms.